The van der Waals surface area contributed by atoms with Crippen molar-refractivity contribution < 1.29 is 9.21 Å². The van der Waals surface area contributed by atoms with Crippen LogP contribution in [-0.4, -0.2) is 5.24 Å². The third kappa shape index (κ3) is 1.64. The Kier molecular flexibility index (Phi) is 2.70. The number of hydrogen-bond donors (Lipinski definition) is 0. The van der Waals surface area contributed by atoms with Gasteiger partial charge in [0.2, 0.25) is 11.0 Å². The molecule has 0 fully saturated rings. The monoisotopic (exact) mass is 232 g/mol. The van der Waals surface area contributed by atoms with E-state index in [1.165, 1.54) is 0 Å². The quantitative estimate of drug-likeness (QED) is 0.694. The zero-order valence-corrected chi connectivity index (χ0v) is 7.85. The minimum absolute atomic E-state index is 0.00247. The van der Waals surface area contributed by atoms with E-state index in [9.17, 15) is 4.79 Å². The molecule has 11 heavy (non-hydrogen) atoms. The lowest BCUT2D eigenvalue weighted by molar-refractivity contribution is 0.105. The van der Waals surface area contributed by atoms with Gasteiger partial charge in [0, 0.05) is 0 Å². The predicted molar refractivity (Wildman–Crippen MR) is 43.9 cm³/mol. The molecule has 0 aliphatic rings. The van der Waals surface area contributed by atoms with Crippen LogP contribution in [-0.2, 0) is 0 Å². The molecule has 0 aliphatic heterocycles. The minimum atomic E-state index is -0.830. The van der Waals surface area contributed by atoms with Crippen LogP contribution < -0.4 is 0 Å². The molecule has 0 spiro atoms. The molecule has 1 rings (SSSR count). The Morgan fingerprint density at radius 3 is 1.91 bits per heavy atom. The predicted octanol–water partition coefficient (Wildman–Crippen LogP) is 3.62. The second-order valence-corrected chi connectivity index (χ2v) is 3.05. The summed E-state index contributed by atoms with van der Waals surface area (Å²) in [5.74, 6) is -0.233. The van der Waals surface area contributed by atoms with Crippen molar-refractivity contribution in [3.05, 3.63) is 21.0 Å². The third-order valence-corrected chi connectivity index (χ3v) is 2.29. The van der Waals surface area contributed by atoms with Crippen LogP contribution in [0.2, 0.25) is 15.3 Å². The number of carbonyl (C=O) groups is 1. The summed E-state index contributed by atoms with van der Waals surface area (Å²) < 4.78 is 4.63. The van der Waals surface area contributed by atoms with Crippen LogP contribution in [0.5, 0.6) is 0 Å². The van der Waals surface area contributed by atoms with Gasteiger partial charge in [0.1, 0.15) is 10.0 Å². The van der Waals surface area contributed by atoms with Gasteiger partial charge in [0.05, 0.1) is 0 Å². The van der Waals surface area contributed by atoms with Crippen LogP contribution in [0.1, 0.15) is 10.6 Å². The smallest absolute Gasteiger partial charge is 0.289 e. The largest absolute Gasteiger partial charge is 0.437 e. The molecule has 60 valence electrons. The average molecular weight is 234 g/mol. The second-order valence-electron chi connectivity index (χ2n) is 1.61. The Labute approximate surface area is 82.0 Å². The van der Waals surface area contributed by atoms with E-state index in [-0.39, 0.29) is 21.0 Å². The fraction of sp³-hybridized carbons (Fsp3) is 0. The summed E-state index contributed by atoms with van der Waals surface area (Å²) in [6.07, 6.45) is 0. The lowest BCUT2D eigenvalue weighted by Crippen LogP contribution is -1.83. The fourth-order valence-electron chi connectivity index (χ4n) is 0.492. The maximum absolute atomic E-state index is 10.5. The first-order chi connectivity index (χ1) is 5.04. The highest BCUT2D eigenvalue weighted by Gasteiger charge is 2.19. The molecule has 0 amide bonds. The van der Waals surface area contributed by atoms with Crippen LogP contribution in [0.3, 0.4) is 0 Å². The maximum Gasteiger partial charge on any atom is 0.289 e. The SMILES string of the molecule is O=C(Cl)c1oc(Cl)c(Cl)c1Cl. The highest BCUT2D eigenvalue weighted by molar-refractivity contribution is 6.68. The van der Waals surface area contributed by atoms with Gasteiger partial charge in [-0.05, 0) is 23.2 Å². The molecule has 0 atom stereocenters. The van der Waals surface area contributed by atoms with Gasteiger partial charge >= 0.3 is 0 Å². The second kappa shape index (κ2) is 3.23. The van der Waals surface area contributed by atoms with E-state index in [0.29, 0.717) is 0 Å². The molecule has 0 saturated carbocycles. The van der Waals surface area contributed by atoms with Crippen molar-refractivity contribution in [1.29, 1.82) is 0 Å². The van der Waals surface area contributed by atoms with Crippen LogP contribution in [0.15, 0.2) is 4.42 Å². The van der Waals surface area contributed by atoms with Crippen molar-refractivity contribution in [2.24, 2.45) is 0 Å². The van der Waals surface area contributed by atoms with Gasteiger partial charge in [-0.25, -0.2) is 0 Å². The van der Waals surface area contributed by atoms with Gasteiger partial charge in [-0.15, -0.1) is 0 Å². The fourth-order valence-corrected chi connectivity index (χ4v) is 1.23. The molecule has 0 saturated heterocycles. The van der Waals surface area contributed by atoms with Crippen molar-refractivity contribution in [2.45, 2.75) is 0 Å². The molecule has 0 N–H and O–H groups in total. The lowest BCUT2D eigenvalue weighted by Gasteiger charge is -1.83. The van der Waals surface area contributed by atoms with Gasteiger partial charge in [0.15, 0.2) is 0 Å². The molecule has 0 bridgehead atoms. The van der Waals surface area contributed by atoms with Gasteiger partial charge in [-0.3, -0.25) is 4.79 Å². The molecule has 2 nitrogen and oxygen atoms in total. The standard InChI is InChI=1S/C5Cl4O2/c6-1-2(7)5(9)11-3(1)4(8)10. The summed E-state index contributed by atoms with van der Waals surface area (Å²) in [5, 5.41) is -1.03. The molecule has 1 heterocycles. The summed E-state index contributed by atoms with van der Waals surface area (Å²) in [4.78, 5) is 10.5. The Hall–Kier alpha value is 0.110. The maximum atomic E-state index is 10.5. The average Bonchev–Trinajstić information content (AvgIpc) is 2.17. The van der Waals surface area contributed by atoms with E-state index in [1.807, 2.05) is 0 Å². The van der Waals surface area contributed by atoms with Crippen LogP contribution >= 0.6 is 46.4 Å². The Morgan fingerprint density at radius 1 is 1.18 bits per heavy atom. The van der Waals surface area contributed by atoms with Gasteiger partial charge in [0.25, 0.3) is 5.24 Å². The van der Waals surface area contributed by atoms with E-state index in [0.717, 1.165) is 0 Å². The van der Waals surface area contributed by atoms with E-state index in [1.54, 1.807) is 0 Å². The number of carbonyl (C=O) groups excluding carboxylic acids is 1. The van der Waals surface area contributed by atoms with Crippen molar-refractivity contribution in [2.75, 3.05) is 0 Å². The van der Waals surface area contributed by atoms with Crippen molar-refractivity contribution in [3.63, 3.8) is 0 Å². The van der Waals surface area contributed by atoms with E-state index < -0.39 is 5.24 Å². The first kappa shape index (κ1) is 9.20. The van der Waals surface area contributed by atoms with Gasteiger partial charge < -0.3 is 4.42 Å². The van der Waals surface area contributed by atoms with E-state index in [4.69, 9.17) is 46.4 Å². The van der Waals surface area contributed by atoms with E-state index in [2.05, 4.69) is 4.42 Å². The molecular weight excluding hydrogens is 234 g/mol. The van der Waals surface area contributed by atoms with E-state index >= 15 is 0 Å². The van der Waals surface area contributed by atoms with Gasteiger partial charge in [-0.2, -0.15) is 0 Å². The highest BCUT2D eigenvalue weighted by atomic mass is 35.5. The Morgan fingerprint density at radius 2 is 1.73 bits per heavy atom. The topological polar surface area (TPSA) is 30.2 Å². The summed E-state index contributed by atoms with van der Waals surface area (Å²) in [7, 11) is 0. The molecule has 0 unspecified atom stereocenters. The van der Waals surface area contributed by atoms with Gasteiger partial charge in [-0.1, -0.05) is 23.2 Å². The summed E-state index contributed by atoms with van der Waals surface area (Å²) in [5.41, 5.74) is 0. The number of furan rings is 1. The molecule has 0 aromatic carbocycles. The van der Waals surface area contributed by atoms with Crippen molar-refractivity contribution >= 4 is 51.6 Å². The lowest BCUT2D eigenvalue weighted by atomic mass is 10.5. The summed E-state index contributed by atoms with van der Waals surface area (Å²) in [6.45, 7) is 0. The normalized spacial score (nSPS) is 10.2. The molecule has 1 aromatic heterocycles. The van der Waals surface area contributed by atoms with Crippen molar-refractivity contribution in [1.82, 2.24) is 0 Å². The number of rotatable bonds is 1. The van der Waals surface area contributed by atoms with Crippen molar-refractivity contribution in [3.8, 4) is 0 Å². The zero-order chi connectivity index (χ0) is 8.59. The highest BCUT2D eigenvalue weighted by Crippen LogP contribution is 2.36. The Bertz CT molecular complexity index is 304. The molecular formula is C5Cl4O2. The van der Waals surface area contributed by atoms with Crippen LogP contribution in [0.25, 0.3) is 0 Å². The zero-order valence-electron chi connectivity index (χ0n) is 4.83. The number of halogens is 4. The molecule has 6 heteroatoms. The minimum Gasteiger partial charge on any atom is -0.437 e. The molecule has 0 radical (unpaired) electrons. The number of hydrogen-bond acceptors (Lipinski definition) is 2. The first-order valence-electron chi connectivity index (χ1n) is 2.37. The first-order valence-corrected chi connectivity index (χ1v) is 3.88. The van der Waals surface area contributed by atoms with Crippen LogP contribution in [0.4, 0.5) is 0 Å². The molecule has 0 aliphatic carbocycles. The Balaban J connectivity index is 3.29. The summed E-state index contributed by atoms with van der Waals surface area (Å²) in [6, 6.07) is 0. The molecule has 1 aromatic rings. The summed E-state index contributed by atoms with van der Waals surface area (Å²) >= 11 is 21.4. The van der Waals surface area contributed by atoms with Crippen LogP contribution in [0, 0.1) is 0 Å². The third-order valence-electron chi connectivity index (χ3n) is 0.935.